The summed E-state index contributed by atoms with van der Waals surface area (Å²) in [6.45, 7) is 2.36. The molecule has 0 spiro atoms. The van der Waals surface area contributed by atoms with Crippen molar-refractivity contribution in [3.05, 3.63) is 17.0 Å². The number of aromatic amines is 1. The molecule has 4 nitrogen and oxygen atoms in total. The minimum absolute atomic E-state index is 0.573. The third-order valence-corrected chi connectivity index (χ3v) is 4.26. The first-order valence-electron chi connectivity index (χ1n) is 6.75. The fourth-order valence-corrected chi connectivity index (χ4v) is 2.95. The van der Waals surface area contributed by atoms with Crippen LogP contribution in [0.4, 0.5) is 0 Å². The van der Waals surface area contributed by atoms with Gasteiger partial charge in [-0.1, -0.05) is 6.42 Å². The van der Waals surface area contributed by atoms with Crippen molar-refractivity contribution in [1.29, 1.82) is 0 Å². The third-order valence-electron chi connectivity index (χ3n) is 4.26. The first kappa shape index (κ1) is 11.2. The van der Waals surface area contributed by atoms with Gasteiger partial charge in [0.15, 0.2) is 0 Å². The van der Waals surface area contributed by atoms with Crippen LogP contribution in [0, 0.1) is 0 Å². The Hall–Kier alpha value is -0.870. The highest BCUT2D eigenvalue weighted by Crippen LogP contribution is 2.39. The molecule has 0 atom stereocenters. The van der Waals surface area contributed by atoms with Crippen molar-refractivity contribution in [1.82, 2.24) is 10.2 Å². The second-order valence-corrected chi connectivity index (χ2v) is 5.22. The van der Waals surface area contributed by atoms with Gasteiger partial charge in [-0.25, -0.2) is 0 Å². The molecule has 3 N–H and O–H groups in total. The predicted octanol–water partition coefficient (Wildman–Crippen LogP) is 2.03. The second kappa shape index (κ2) is 4.78. The van der Waals surface area contributed by atoms with E-state index in [4.69, 9.17) is 10.5 Å². The fraction of sp³-hybridized carbons (Fsp3) is 0.769. The van der Waals surface area contributed by atoms with E-state index in [1.165, 1.54) is 36.2 Å². The van der Waals surface area contributed by atoms with E-state index in [9.17, 15) is 0 Å². The molecule has 0 amide bonds. The molecule has 1 aliphatic heterocycles. The van der Waals surface area contributed by atoms with Gasteiger partial charge < -0.3 is 10.5 Å². The van der Waals surface area contributed by atoms with Crippen molar-refractivity contribution < 1.29 is 4.74 Å². The van der Waals surface area contributed by atoms with E-state index >= 15 is 0 Å². The number of nitrogens with one attached hydrogen (secondary N) is 1. The first-order chi connectivity index (χ1) is 8.40. The van der Waals surface area contributed by atoms with Gasteiger partial charge in [-0.2, -0.15) is 5.10 Å². The highest BCUT2D eigenvalue weighted by molar-refractivity contribution is 5.31. The first-order valence-corrected chi connectivity index (χ1v) is 6.75. The molecule has 1 saturated heterocycles. The fourth-order valence-electron chi connectivity index (χ4n) is 2.95. The average molecular weight is 235 g/mol. The summed E-state index contributed by atoms with van der Waals surface area (Å²) in [5.41, 5.74) is 9.76. The number of ether oxygens (including phenoxy) is 1. The van der Waals surface area contributed by atoms with E-state index in [0.29, 0.717) is 18.4 Å². The van der Waals surface area contributed by atoms with E-state index in [1.54, 1.807) is 0 Å². The molecule has 1 saturated carbocycles. The quantitative estimate of drug-likeness (QED) is 0.842. The zero-order chi connectivity index (χ0) is 11.7. The van der Waals surface area contributed by atoms with Crippen molar-refractivity contribution in [3.63, 3.8) is 0 Å². The van der Waals surface area contributed by atoms with Crippen LogP contribution < -0.4 is 5.73 Å². The van der Waals surface area contributed by atoms with Crippen LogP contribution in [-0.2, 0) is 11.3 Å². The van der Waals surface area contributed by atoms with E-state index in [0.717, 1.165) is 26.1 Å². The van der Waals surface area contributed by atoms with Crippen LogP contribution in [0.1, 0.15) is 60.9 Å². The molecule has 2 heterocycles. The summed E-state index contributed by atoms with van der Waals surface area (Å²) < 4.78 is 5.42. The molecule has 1 aliphatic carbocycles. The Bertz CT molecular complexity index is 378. The molecule has 94 valence electrons. The van der Waals surface area contributed by atoms with Crippen molar-refractivity contribution in [2.24, 2.45) is 5.73 Å². The highest BCUT2D eigenvalue weighted by atomic mass is 16.5. The van der Waals surface area contributed by atoms with Gasteiger partial charge in [0, 0.05) is 42.9 Å². The number of hydrogen-bond donors (Lipinski definition) is 2. The molecule has 17 heavy (non-hydrogen) atoms. The zero-order valence-electron chi connectivity index (χ0n) is 10.2. The molecule has 0 unspecified atom stereocenters. The van der Waals surface area contributed by atoms with Gasteiger partial charge in [0.25, 0.3) is 0 Å². The Balaban J connectivity index is 1.85. The predicted molar refractivity (Wildman–Crippen MR) is 65.9 cm³/mol. The smallest absolute Gasteiger partial charge is 0.0700 e. The minimum Gasteiger partial charge on any atom is -0.381 e. The molecule has 1 aromatic heterocycles. The van der Waals surface area contributed by atoms with Crippen LogP contribution in [-0.4, -0.2) is 23.4 Å². The van der Waals surface area contributed by atoms with Crippen LogP contribution in [0.3, 0.4) is 0 Å². The summed E-state index contributed by atoms with van der Waals surface area (Å²) >= 11 is 0. The molecule has 4 heteroatoms. The Morgan fingerprint density at radius 1 is 1.18 bits per heavy atom. The number of nitrogens with two attached hydrogens (primary N) is 1. The van der Waals surface area contributed by atoms with Crippen molar-refractivity contribution in [2.75, 3.05) is 13.2 Å². The Labute approximate surface area is 102 Å². The Morgan fingerprint density at radius 3 is 2.53 bits per heavy atom. The standard InChI is InChI=1S/C13H21N3O/c14-8-11-12(9-2-1-3-9)15-16-13(11)10-4-6-17-7-5-10/h9-10H,1-8,14H2,(H,15,16). The lowest BCUT2D eigenvalue weighted by Gasteiger charge is -2.25. The number of aromatic nitrogens is 2. The lowest BCUT2D eigenvalue weighted by Crippen LogP contribution is -2.17. The second-order valence-electron chi connectivity index (χ2n) is 5.22. The van der Waals surface area contributed by atoms with Crippen LogP contribution in [0.5, 0.6) is 0 Å². The monoisotopic (exact) mass is 235 g/mol. The number of hydrogen-bond acceptors (Lipinski definition) is 3. The Morgan fingerprint density at radius 2 is 1.94 bits per heavy atom. The van der Waals surface area contributed by atoms with Crippen molar-refractivity contribution in [2.45, 2.75) is 50.5 Å². The van der Waals surface area contributed by atoms with Gasteiger partial charge in [-0.3, -0.25) is 5.10 Å². The summed E-state index contributed by atoms with van der Waals surface area (Å²) in [7, 11) is 0. The maximum atomic E-state index is 5.93. The summed E-state index contributed by atoms with van der Waals surface area (Å²) in [5.74, 6) is 1.24. The van der Waals surface area contributed by atoms with Crippen molar-refractivity contribution in [3.8, 4) is 0 Å². The molecule has 0 bridgehead atoms. The van der Waals surface area contributed by atoms with Crippen LogP contribution in [0.15, 0.2) is 0 Å². The van der Waals surface area contributed by atoms with Gasteiger partial charge >= 0.3 is 0 Å². The summed E-state index contributed by atoms with van der Waals surface area (Å²) in [6, 6.07) is 0. The van der Waals surface area contributed by atoms with Gasteiger partial charge in [-0.05, 0) is 25.7 Å². The number of nitrogens with zero attached hydrogens (tertiary/aromatic N) is 1. The molecule has 3 rings (SSSR count). The normalized spacial score (nSPS) is 22.6. The third kappa shape index (κ3) is 2.00. The lowest BCUT2D eigenvalue weighted by atomic mass is 9.80. The van der Waals surface area contributed by atoms with Crippen LogP contribution in [0.2, 0.25) is 0 Å². The van der Waals surface area contributed by atoms with Gasteiger partial charge in [-0.15, -0.1) is 0 Å². The van der Waals surface area contributed by atoms with Gasteiger partial charge in [0.1, 0.15) is 0 Å². The van der Waals surface area contributed by atoms with E-state index in [2.05, 4.69) is 10.2 Å². The van der Waals surface area contributed by atoms with Crippen molar-refractivity contribution >= 4 is 0 Å². The maximum absolute atomic E-state index is 5.93. The molecule has 1 aromatic rings. The topological polar surface area (TPSA) is 63.9 Å². The van der Waals surface area contributed by atoms with Gasteiger partial charge in [0.2, 0.25) is 0 Å². The van der Waals surface area contributed by atoms with Crippen LogP contribution in [0.25, 0.3) is 0 Å². The summed E-state index contributed by atoms with van der Waals surface area (Å²) in [5, 5.41) is 7.80. The van der Waals surface area contributed by atoms with E-state index in [1.807, 2.05) is 0 Å². The summed E-state index contributed by atoms with van der Waals surface area (Å²) in [6.07, 6.45) is 6.10. The molecule has 0 radical (unpaired) electrons. The molecular formula is C13H21N3O. The maximum Gasteiger partial charge on any atom is 0.0700 e. The highest BCUT2D eigenvalue weighted by Gasteiger charge is 2.28. The van der Waals surface area contributed by atoms with Crippen LogP contribution >= 0.6 is 0 Å². The Kier molecular flexibility index (Phi) is 3.16. The zero-order valence-corrected chi connectivity index (χ0v) is 10.2. The lowest BCUT2D eigenvalue weighted by molar-refractivity contribution is 0.0843. The molecule has 0 aromatic carbocycles. The number of H-pyrrole nitrogens is 1. The SMILES string of the molecule is NCc1c(C2CCC2)n[nH]c1C1CCOCC1. The molecule has 2 fully saturated rings. The van der Waals surface area contributed by atoms with E-state index in [-0.39, 0.29) is 0 Å². The molecule has 2 aliphatic rings. The van der Waals surface area contributed by atoms with E-state index < -0.39 is 0 Å². The largest absolute Gasteiger partial charge is 0.381 e. The molecular weight excluding hydrogens is 214 g/mol. The van der Waals surface area contributed by atoms with Gasteiger partial charge in [0.05, 0.1) is 5.69 Å². The number of rotatable bonds is 3. The summed E-state index contributed by atoms with van der Waals surface area (Å²) in [4.78, 5) is 0. The minimum atomic E-state index is 0.573. The average Bonchev–Trinajstić information content (AvgIpc) is 2.71.